The van der Waals surface area contributed by atoms with Crippen molar-refractivity contribution in [3.05, 3.63) is 261 Å². The lowest BCUT2D eigenvalue weighted by Crippen LogP contribution is -2.16. The molecule has 0 aromatic heterocycles. The van der Waals surface area contributed by atoms with Crippen LogP contribution in [0.5, 0.6) is 0 Å². The highest BCUT2D eigenvalue weighted by Gasteiger charge is 2.20. The monoisotopic (exact) mass is 760 g/mol. The molecule has 8 aromatic rings. The fourth-order valence-electron chi connectivity index (χ4n) is 7.69. The van der Waals surface area contributed by atoms with Crippen molar-refractivity contribution < 1.29 is 0 Å². The minimum atomic E-state index is 0.834. The van der Waals surface area contributed by atoms with Gasteiger partial charge in [-0.2, -0.15) is 0 Å². The molecule has 1 aliphatic rings. The van der Waals surface area contributed by atoms with Gasteiger partial charge < -0.3 is 19.6 Å². The lowest BCUT2D eigenvalue weighted by Gasteiger charge is -2.30. The molecule has 59 heavy (non-hydrogen) atoms. The van der Waals surface area contributed by atoms with E-state index in [-0.39, 0.29) is 0 Å². The van der Waals surface area contributed by atoms with Crippen molar-refractivity contribution in [1.29, 1.82) is 0 Å². The minimum Gasteiger partial charge on any atom is -0.314 e. The van der Waals surface area contributed by atoms with Crippen LogP contribution in [0.15, 0.2) is 261 Å². The van der Waals surface area contributed by atoms with Crippen molar-refractivity contribution in [2.45, 2.75) is 6.42 Å². The molecule has 1 aliphatic carbocycles. The number of hydrogen-bond donors (Lipinski definition) is 0. The van der Waals surface area contributed by atoms with E-state index in [0.717, 1.165) is 69.0 Å². The molecule has 0 saturated carbocycles. The quantitative estimate of drug-likeness (QED) is 0.123. The Bertz CT molecular complexity index is 2430. The summed E-state index contributed by atoms with van der Waals surface area (Å²) in [4.78, 5) is 9.28. The van der Waals surface area contributed by atoms with Gasteiger partial charge in [0.25, 0.3) is 0 Å². The van der Waals surface area contributed by atoms with Crippen molar-refractivity contribution in [1.82, 2.24) is 0 Å². The Labute approximate surface area is 347 Å². The number of hydrogen-bond acceptors (Lipinski definition) is 4. The summed E-state index contributed by atoms with van der Waals surface area (Å²) in [6, 6.07) is 79.5. The number of anilines is 11. The van der Waals surface area contributed by atoms with Gasteiger partial charge in [-0.25, -0.2) is 0 Å². The van der Waals surface area contributed by atoms with Crippen LogP contribution in [0.4, 0.5) is 62.6 Å². The number of nitrogens with zero attached hydrogens (tertiary/aromatic N) is 4. The van der Waals surface area contributed by atoms with Crippen LogP contribution in [-0.2, 0) is 0 Å². The predicted molar refractivity (Wildman–Crippen MR) is 250 cm³/mol. The highest BCUT2D eigenvalue weighted by atomic mass is 15.2. The van der Waals surface area contributed by atoms with Crippen LogP contribution in [-0.4, -0.2) is 0 Å². The molecular formula is C55H44N4. The molecule has 0 amide bonds. The number of rotatable bonds is 12. The van der Waals surface area contributed by atoms with Crippen LogP contribution in [0, 0.1) is 0 Å². The first kappa shape index (κ1) is 36.8. The van der Waals surface area contributed by atoms with E-state index in [1.807, 2.05) is 0 Å². The van der Waals surface area contributed by atoms with E-state index in [0.29, 0.717) is 0 Å². The van der Waals surface area contributed by atoms with E-state index in [4.69, 9.17) is 0 Å². The number of para-hydroxylation sites is 5. The summed E-state index contributed by atoms with van der Waals surface area (Å²) in [7, 11) is 0. The van der Waals surface area contributed by atoms with Crippen LogP contribution < -0.4 is 19.6 Å². The minimum absolute atomic E-state index is 0.834. The lowest BCUT2D eigenvalue weighted by molar-refractivity contribution is 1.08. The van der Waals surface area contributed by atoms with Crippen LogP contribution in [0.3, 0.4) is 0 Å². The third kappa shape index (κ3) is 8.20. The molecule has 0 spiro atoms. The van der Waals surface area contributed by atoms with E-state index >= 15 is 0 Å². The van der Waals surface area contributed by atoms with Gasteiger partial charge in [-0.05, 0) is 140 Å². The summed E-state index contributed by atoms with van der Waals surface area (Å²) < 4.78 is 0. The Kier molecular flexibility index (Phi) is 10.9. The van der Waals surface area contributed by atoms with E-state index in [1.165, 1.54) is 5.70 Å². The van der Waals surface area contributed by atoms with Crippen molar-refractivity contribution in [3.63, 3.8) is 0 Å². The Balaban J connectivity index is 1.12. The molecule has 4 heteroatoms. The van der Waals surface area contributed by atoms with Gasteiger partial charge >= 0.3 is 0 Å². The predicted octanol–water partition coefficient (Wildman–Crippen LogP) is 15.6. The molecule has 8 aromatic carbocycles. The largest absolute Gasteiger partial charge is 0.314 e. The summed E-state index contributed by atoms with van der Waals surface area (Å²) in [6.07, 6.45) is 11.6. The molecule has 0 unspecified atom stereocenters. The molecule has 0 fully saturated rings. The summed E-state index contributed by atoms with van der Waals surface area (Å²) >= 11 is 0. The van der Waals surface area contributed by atoms with Gasteiger partial charge in [-0.1, -0.05) is 115 Å². The van der Waals surface area contributed by atoms with Gasteiger partial charge in [0.2, 0.25) is 0 Å². The molecule has 0 bridgehead atoms. The Morgan fingerprint density at radius 1 is 0.220 bits per heavy atom. The summed E-state index contributed by atoms with van der Waals surface area (Å²) in [5.41, 5.74) is 13.2. The second kappa shape index (κ2) is 17.5. The topological polar surface area (TPSA) is 13.0 Å². The van der Waals surface area contributed by atoms with Crippen molar-refractivity contribution in [2.24, 2.45) is 0 Å². The van der Waals surface area contributed by atoms with Gasteiger partial charge in [0, 0.05) is 74.7 Å². The molecule has 0 N–H and O–H groups in total. The van der Waals surface area contributed by atoms with Crippen molar-refractivity contribution in [3.8, 4) is 0 Å². The fraction of sp³-hybridized carbons (Fsp3) is 0.0182. The van der Waals surface area contributed by atoms with E-state index < -0.39 is 0 Å². The molecule has 0 aliphatic heterocycles. The Hall–Kier alpha value is -7.82. The molecule has 0 heterocycles. The lowest BCUT2D eigenvalue weighted by atomic mass is 10.1. The zero-order valence-corrected chi connectivity index (χ0v) is 32.7. The average Bonchev–Trinajstić information content (AvgIpc) is 3.60. The third-order valence-corrected chi connectivity index (χ3v) is 10.4. The highest BCUT2D eigenvalue weighted by molar-refractivity contribution is 5.84. The molecule has 4 nitrogen and oxygen atoms in total. The third-order valence-electron chi connectivity index (χ3n) is 10.4. The Morgan fingerprint density at radius 2 is 0.458 bits per heavy atom. The van der Waals surface area contributed by atoms with Crippen LogP contribution >= 0.6 is 0 Å². The standard InChI is InChI=1S/C55H44N4/c1-2-9-21-44(20-8-1)56(45-22-10-3-11-23-45)50-32-38-53(39-33-50)59(54-40-34-51(35-41-54)57(46-24-12-4-13-25-46)47-26-14-5-15-27-47)55-42-36-52(37-43-55)58(48-28-16-6-17-29-48)49-30-18-7-19-31-49/h1-20,22-43H,21H2. The molecular weight excluding hydrogens is 717 g/mol. The van der Waals surface area contributed by atoms with Gasteiger partial charge in [0.15, 0.2) is 0 Å². The molecule has 0 saturated heterocycles. The maximum absolute atomic E-state index is 2.35. The normalized spacial score (nSPS) is 12.0. The summed E-state index contributed by atoms with van der Waals surface area (Å²) in [5, 5.41) is 0. The zero-order valence-electron chi connectivity index (χ0n) is 32.7. The first-order chi connectivity index (χ1) is 29.3. The van der Waals surface area contributed by atoms with Gasteiger partial charge in [-0.15, -0.1) is 0 Å². The zero-order chi connectivity index (χ0) is 39.6. The highest BCUT2D eigenvalue weighted by Crippen LogP contribution is 2.42. The second-order valence-corrected chi connectivity index (χ2v) is 14.2. The van der Waals surface area contributed by atoms with E-state index in [1.54, 1.807) is 0 Å². The van der Waals surface area contributed by atoms with Gasteiger partial charge in [0.1, 0.15) is 0 Å². The number of allylic oxidation sites excluding steroid dienone is 5. The Morgan fingerprint density at radius 3 is 0.746 bits per heavy atom. The smallest absolute Gasteiger partial charge is 0.0463 e. The van der Waals surface area contributed by atoms with E-state index in [9.17, 15) is 0 Å². The van der Waals surface area contributed by atoms with Gasteiger partial charge in [0.05, 0.1) is 0 Å². The second-order valence-electron chi connectivity index (χ2n) is 14.2. The summed E-state index contributed by atoms with van der Waals surface area (Å²) in [6.45, 7) is 0. The first-order valence-corrected chi connectivity index (χ1v) is 20.1. The van der Waals surface area contributed by atoms with Crippen LogP contribution in [0.2, 0.25) is 0 Å². The van der Waals surface area contributed by atoms with E-state index in [2.05, 4.69) is 274 Å². The van der Waals surface area contributed by atoms with Gasteiger partial charge in [-0.3, -0.25) is 0 Å². The maximum atomic E-state index is 2.35. The van der Waals surface area contributed by atoms with Crippen LogP contribution in [0.25, 0.3) is 0 Å². The van der Waals surface area contributed by atoms with Crippen molar-refractivity contribution in [2.75, 3.05) is 19.6 Å². The van der Waals surface area contributed by atoms with Crippen LogP contribution in [0.1, 0.15) is 6.42 Å². The maximum Gasteiger partial charge on any atom is 0.0463 e. The SMILES string of the molecule is C1=CC=C(N(c2ccccc2)c2ccc(N(c3ccc(N(c4ccccc4)c4ccccc4)cc3)c3ccc(N(c4ccccc4)c4ccccc4)cc3)cc2)CC=C1. The summed E-state index contributed by atoms with van der Waals surface area (Å²) in [5.74, 6) is 0. The molecule has 9 rings (SSSR count). The average molecular weight is 761 g/mol. The molecule has 0 atom stereocenters. The molecule has 0 radical (unpaired) electrons. The first-order valence-electron chi connectivity index (χ1n) is 20.1. The molecule has 284 valence electrons. The number of benzene rings is 8. The fourth-order valence-corrected chi connectivity index (χ4v) is 7.69. The van der Waals surface area contributed by atoms with Crippen molar-refractivity contribution >= 4 is 62.6 Å².